The van der Waals surface area contributed by atoms with Crippen LogP contribution in [-0.2, 0) is 25.6 Å². The normalized spacial score (nSPS) is 11.8. The van der Waals surface area contributed by atoms with Crippen LogP contribution in [0.25, 0.3) is 21.8 Å². The van der Waals surface area contributed by atoms with Crippen molar-refractivity contribution in [3.05, 3.63) is 48.5 Å². The van der Waals surface area contributed by atoms with Crippen LogP contribution in [0.5, 0.6) is 0 Å². The molecule has 196 valence electrons. The second-order valence-electron chi connectivity index (χ2n) is 10.4. The number of benzene rings is 2. The average molecular weight is 494 g/mol. The van der Waals surface area contributed by atoms with E-state index in [-0.39, 0.29) is 25.2 Å². The second-order valence-corrected chi connectivity index (χ2v) is 10.4. The molecule has 0 aliphatic rings. The van der Waals surface area contributed by atoms with E-state index in [4.69, 9.17) is 9.47 Å². The first-order valence-electron chi connectivity index (χ1n) is 13.7. The molecule has 5 nitrogen and oxygen atoms in total. The van der Waals surface area contributed by atoms with Gasteiger partial charge in [-0.3, -0.25) is 9.59 Å². The number of carbonyl (C=O) groups excluding carboxylic acids is 2. The van der Waals surface area contributed by atoms with E-state index in [2.05, 4.69) is 53.1 Å². The summed E-state index contributed by atoms with van der Waals surface area (Å²) in [5, 5.41) is 2.69. The highest BCUT2D eigenvalue weighted by molar-refractivity contribution is 6.07. The molecule has 0 aliphatic carbocycles. The zero-order valence-electron chi connectivity index (χ0n) is 22.4. The topological polar surface area (TPSA) is 57.5 Å². The van der Waals surface area contributed by atoms with E-state index in [0.717, 1.165) is 25.8 Å². The molecule has 3 aromatic rings. The van der Waals surface area contributed by atoms with Gasteiger partial charge < -0.3 is 14.0 Å². The number of nitrogens with zero attached hydrogens (tertiary/aromatic N) is 1. The molecule has 0 radical (unpaired) electrons. The number of esters is 2. The van der Waals surface area contributed by atoms with Crippen molar-refractivity contribution in [3.63, 3.8) is 0 Å². The van der Waals surface area contributed by atoms with Crippen LogP contribution >= 0.6 is 0 Å². The lowest BCUT2D eigenvalue weighted by Crippen LogP contribution is -2.27. The third-order valence-electron chi connectivity index (χ3n) is 7.21. The van der Waals surface area contributed by atoms with E-state index in [1.165, 1.54) is 53.9 Å². The lowest BCUT2D eigenvalue weighted by atomic mass is 9.91. The molecular formula is C31H43NO4. The number of para-hydroxylation sites is 2. The van der Waals surface area contributed by atoms with E-state index >= 15 is 0 Å². The maximum Gasteiger partial charge on any atom is 0.311 e. The molecule has 1 heterocycles. The molecule has 0 aliphatic heterocycles. The summed E-state index contributed by atoms with van der Waals surface area (Å²) in [5.41, 5.74) is 2.17. The predicted molar refractivity (Wildman–Crippen MR) is 147 cm³/mol. The number of hydrogen-bond acceptors (Lipinski definition) is 4. The van der Waals surface area contributed by atoms with Gasteiger partial charge in [0, 0.05) is 34.8 Å². The van der Waals surface area contributed by atoms with Gasteiger partial charge >= 0.3 is 11.9 Å². The highest BCUT2D eigenvalue weighted by atomic mass is 16.6. The van der Waals surface area contributed by atoms with Crippen LogP contribution in [0.1, 0.15) is 85.0 Å². The molecule has 0 N–H and O–H groups in total. The van der Waals surface area contributed by atoms with E-state index < -0.39 is 5.41 Å². The van der Waals surface area contributed by atoms with Crippen LogP contribution in [0.4, 0.5) is 0 Å². The molecule has 0 amide bonds. The Morgan fingerprint density at radius 1 is 0.722 bits per heavy atom. The molecule has 5 heteroatoms. The Labute approximate surface area is 216 Å². The predicted octanol–water partition coefficient (Wildman–Crippen LogP) is 7.83. The Bertz CT molecular complexity index is 1060. The summed E-state index contributed by atoms with van der Waals surface area (Å²) >= 11 is 0. The molecule has 3 rings (SSSR count). The summed E-state index contributed by atoms with van der Waals surface area (Å²) in [7, 11) is 0. The van der Waals surface area contributed by atoms with Crippen molar-refractivity contribution >= 4 is 33.7 Å². The molecule has 2 aromatic carbocycles. The van der Waals surface area contributed by atoms with Crippen LogP contribution in [0, 0.1) is 5.41 Å². The van der Waals surface area contributed by atoms with Gasteiger partial charge in [-0.05, 0) is 45.2 Å². The Morgan fingerprint density at radius 2 is 1.22 bits per heavy atom. The Kier molecular flexibility index (Phi) is 10.8. The van der Waals surface area contributed by atoms with Gasteiger partial charge in [0.1, 0.15) is 13.2 Å². The number of hydrogen-bond donors (Lipinski definition) is 0. The highest BCUT2D eigenvalue weighted by Crippen LogP contribution is 2.29. The van der Waals surface area contributed by atoms with Gasteiger partial charge in [0.2, 0.25) is 0 Å². The standard InChI is InChI=1S/C31H43NO4/c1-4-31(2,3)30(34)36-24-23-35-29(33)21-11-9-7-5-6-8-10-16-22-32-27-19-14-12-17-25(27)26-18-13-15-20-28(26)32/h12-15,17-20H,4-11,16,21-24H2,1-3H3. The van der Waals surface area contributed by atoms with Gasteiger partial charge in [0.05, 0.1) is 5.41 Å². The van der Waals surface area contributed by atoms with Crippen LogP contribution in [0.2, 0.25) is 0 Å². The van der Waals surface area contributed by atoms with Crippen molar-refractivity contribution in [3.8, 4) is 0 Å². The average Bonchev–Trinajstić information content (AvgIpc) is 3.21. The number of rotatable bonds is 16. The molecule has 0 spiro atoms. The molecule has 36 heavy (non-hydrogen) atoms. The SMILES string of the molecule is CCC(C)(C)C(=O)OCCOC(=O)CCCCCCCCCCn1c2ccccc2c2ccccc21. The second kappa shape index (κ2) is 14.1. The van der Waals surface area contributed by atoms with Crippen molar-refractivity contribution in [2.24, 2.45) is 5.41 Å². The summed E-state index contributed by atoms with van der Waals surface area (Å²) < 4.78 is 12.8. The van der Waals surface area contributed by atoms with Crippen LogP contribution < -0.4 is 0 Å². The largest absolute Gasteiger partial charge is 0.462 e. The minimum Gasteiger partial charge on any atom is -0.462 e. The fourth-order valence-electron chi connectivity index (χ4n) is 4.55. The van der Waals surface area contributed by atoms with Crippen molar-refractivity contribution in [2.45, 2.75) is 91.5 Å². The third kappa shape index (κ3) is 7.84. The minimum atomic E-state index is -0.490. The summed E-state index contributed by atoms with van der Waals surface area (Å²) in [4.78, 5) is 23.7. The van der Waals surface area contributed by atoms with Gasteiger partial charge in [0.25, 0.3) is 0 Å². The molecule has 0 unspecified atom stereocenters. The fourth-order valence-corrected chi connectivity index (χ4v) is 4.55. The van der Waals surface area contributed by atoms with Gasteiger partial charge in [-0.15, -0.1) is 0 Å². The smallest absolute Gasteiger partial charge is 0.311 e. The van der Waals surface area contributed by atoms with Gasteiger partial charge in [-0.25, -0.2) is 0 Å². The van der Waals surface area contributed by atoms with Crippen molar-refractivity contribution < 1.29 is 19.1 Å². The molecule has 0 fully saturated rings. The summed E-state index contributed by atoms with van der Waals surface area (Å²) in [6.45, 7) is 6.99. The van der Waals surface area contributed by atoms with Crippen molar-refractivity contribution in [1.29, 1.82) is 0 Å². The molecule has 0 bridgehead atoms. The number of ether oxygens (including phenoxy) is 2. The molecule has 1 aromatic heterocycles. The Balaban J connectivity index is 1.20. The number of unbranched alkanes of at least 4 members (excludes halogenated alkanes) is 7. The van der Waals surface area contributed by atoms with Gasteiger partial charge in [-0.1, -0.05) is 81.8 Å². The maximum atomic E-state index is 11.9. The van der Waals surface area contributed by atoms with Gasteiger partial charge in [-0.2, -0.15) is 0 Å². The molecule has 0 atom stereocenters. The summed E-state index contributed by atoms with van der Waals surface area (Å²) in [6.07, 6.45) is 10.4. The molecule has 0 saturated carbocycles. The summed E-state index contributed by atoms with van der Waals surface area (Å²) in [6, 6.07) is 17.4. The number of aromatic nitrogens is 1. The van der Waals surface area contributed by atoms with E-state index in [9.17, 15) is 9.59 Å². The van der Waals surface area contributed by atoms with Gasteiger partial charge in [0.15, 0.2) is 0 Å². The van der Waals surface area contributed by atoms with E-state index in [1.54, 1.807) is 0 Å². The number of aryl methyl sites for hydroxylation is 1. The third-order valence-corrected chi connectivity index (χ3v) is 7.21. The fraction of sp³-hybridized carbons (Fsp3) is 0.548. The Hall–Kier alpha value is -2.82. The quantitative estimate of drug-likeness (QED) is 0.151. The lowest BCUT2D eigenvalue weighted by molar-refractivity contribution is -0.159. The minimum absolute atomic E-state index is 0.130. The van der Waals surface area contributed by atoms with Crippen LogP contribution in [0.15, 0.2) is 48.5 Å². The van der Waals surface area contributed by atoms with E-state index in [0.29, 0.717) is 12.8 Å². The number of fused-ring (bicyclic) bond motifs is 3. The molecule has 0 saturated heterocycles. The lowest BCUT2D eigenvalue weighted by Gasteiger charge is -2.20. The van der Waals surface area contributed by atoms with Crippen molar-refractivity contribution in [1.82, 2.24) is 4.57 Å². The maximum absolute atomic E-state index is 11.9. The van der Waals surface area contributed by atoms with Crippen LogP contribution in [0.3, 0.4) is 0 Å². The monoisotopic (exact) mass is 493 g/mol. The zero-order chi connectivity index (χ0) is 25.8. The first-order chi connectivity index (χ1) is 17.4. The molecular weight excluding hydrogens is 450 g/mol. The first kappa shape index (κ1) is 27.8. The van der Waals surface area contributed by atoms with Crippen molar-refractivity contribution in [2.75, 3.05) is 13.2 Å². The van der Waals surface area contributed by atoms with E-state index in [1.807, 2.05) is 20.8 Å². The first-order valence-corrected chi connectivity index (χ1v) is 13.7. The summed E-state index contributed by atoms with van der Waals surface area (Å²) in [5.74, 6) is -0.446. The highest BCUT2D eigenvalue weighted by Gasteiger charge is 2.26. The Morgan fingerprint density at radius 3 is 1.81 bits per heavy atom. The van der Waals surface area contributed by atoms with Crippen LogP contribution in [-0.4, -0.2) is 29.7 Å². The zero-order valence-corrected chi connectivity index (χ0v) is 22.4. The number of carbonyl (C=O) groups is 2.